The van der Waals surface area contributed by atoms with Gasteiger partial charge in [0.25, 0.3) is 0 Å². The van der Waals surface area contributed by atoms with E-state index in [1.807, 2.05) is 109 Å². The summed E-state index contributed by atoms with van der Waals surface area (Å²) in [6.07, 6.45) is 0. The molecule has 5 aromatic rings. The van der Waals surface area contributed by atoms with Crippen LogP contribution in [0.25, 0.3) is 22.3 Å². The number of hydrogen-bond acceptors (Lipinski definition) is 3. The minimum Gasteiger partial charge on any atom is -0.366 e. The van der Waals surface area contributed by atoms with Crippen LogP contribution in [0.2, 0.25) is 0 Å². The lowest BCUT2D eigenvalue weighted by molar-refractivity contribution is 0.100. The Bertz CT molecular complexity index is 1430. The van der Waals surface area contributed by atoms with Crippen LogP contribution >= 0.6 is 0 Å². The molecule has 0 atom stereocenters. The Kier molecular flexibility index (Phi) is 6.27. The Morgan fingerprint density at radius 3 is 1.43 bits per heavy atom. The molecular weight excluding hydrogens is 430 g/mol. The van der Waals surface area contributed by atoms with Gasteiger partial charge in [-0.1, -0.05) is 72.8 Å². The number of carbonyl (C=O) groups excluding carboxylic acids is 1. The highest BCUT2D eigenvalue weighted by atomic mass is 16.1. The molecule has 0 radical (unpaired) electrons. The summed E-state index contributed by atoms with van der Waals surface area (Å²) in [7, 11) is 0. The molecule has 0 aliphatic carbocycles. The first-order valence-corrected chi connectivity index (χ1v) is 11.5. The fourth-order valence-corrected chi connectivity index (χ4v) is 4.14. The lowest BCUT2D eigenvalue weighted by Crippen LogP contribution is -2.13. The van der Waals surface area contributed by atoms with E-state index in [0.717, 1.165) is 45.0 Å². The molecule has 1 amide bonds. The Hall–Kier alpha value is -4.83. The summed E-state index contributed by atoms with van der Waals surface area (Å²) in [4.78, 5) is 12.3. The summed E-state index contributed by atoms with van der Waals surface area (Å²) in [5, 5.41) is 6.80. The highest BCUT2D eigenvalue weighted by Crippen LogP contribution is 2.36. The second kappa shape index (κ2) is 9.98. The van der Waals surface area contributed by atoms with E-state index < -0.39 is 5.91 Å². The topological polar surface area (TPSA) is 67.2 Å². The van der Waals surface area contributed by atoms with E-state index in [4.69, 9.17) is 5.73 Å². The molecule has 0 bridgehead atoms. The van der Waals surface area contributed by atoms with E-state index in [1.54, 1.807) is 6.07 Å². The van der Waals surface area contributed by atoms with Crippen molar-refractivity contribution in [3.8, 4) is 22.3 Å². The van der Waals surface area contributed by atoms with Crippen molar-refractivity contribution < 1.29 is 4.79 Å². The number of nitrogens with one attached hydrogen (secondary N) is 2. The van der Waals surface area contributed by atoms with Gasteiger partial charge in [-0.25, -0.2) is 0 Å². The molecule has 0 aliphatic heterocycles. The zero-order chi connectivity index (χ0) is 24.0. The highest BCUT2D eigenvalue weighted by molar-refractivity contribution is 6.04. The van der Waals surface area contributed by atoms with E-state index in [9.17, 15) is 4.79 Å². The van der Waals surface area contributed by atoms with Crippen LogP contribution < -0.4 is 16.4 Å². The van der Waals surface area contributed by atoms with Crippen molar-refractivity contribution in [1.82, 2.24) is 0 Å². The first-order valence-electron chi connectivity index (χ1n) is 11.5. The van der Waals surface area contributed by atoms with Crippen LogP contribution in [-0.2, 0) is 0 Å². The monoisotopic (exact) mass is 455 g/mol. The maximum atomic E-state index is 12.3. The molecule has 0 saturated carbocycles. The minimum absolute atomic E-state index is 0.448. The SMILES string of the molecule is NC(=O)c1cccc(-c2ccc(Nc3ccccc3)cc2)c1-c1ccc(Nc2ccccc2)cc1. The molecule has 0 aliphatic rings. The number of para-hydroxylation sites is 2. The van der Waals surface area contributed by atoms with E-state index in [-0.39, 0.29) is 0 Å². The molecule has 0 aromatic heterocycles. The molecule has 4 nitrogen and oxygen atoms in total. The van der Waals surface area contributed by atoms with Gasteiger partial charge in [0.05, 0.1) is 0 Å². The largest absolute Gasteiger partial charge is 0.366 e. The molecule has 0 spiro atoms. The predicted molar refractivity (Wildman–Crippen MR) is 145 cm³/mol. The molecule has 0 unspecified atom stereocenters. The molecule has 0 saturated heterocycles. The zero-order valence-corrected chi connectivity index (χ0v) is 19.1. The van der Waals surface area contributed by atoms with Gasteiger partial charge in [0.15, 0.2) is 0 Å². The molecule has 4 N–H and O–H groups in total. The normalized spacial score (nSPS) is 10.5. The second-order valence-electron chi connectivity index (χ2n) is 8.23. The van der Waals surface area contributed by atoms with Crippen LogP contribution in [0.1, 0.15) is 10.4 Å². The van der Waals surface area contributed by atoms with Crippen molar-refractivity contribution in [2.75, 3.05) is 10.6 Å². The van der Waals surface area contributed by atoms with Crippen molar-refractivity contribution in [3.63, 3.8) is 0 Å². The third kappa shape index (κ3) is 5.07. The third-order valence-corrected chi connectivity index (χ3v) is 5.82. The number of rotatable bonds is 7. The van der Waals surface area contributed by atoms with Crippen LogP contribution in [0.15, 0.2) is 127 Å². The Morgan fingerprint density at radius 1 is 0.486 bits per heavy atom. The van der Waals surface area contributed by atoms with Gasteiger partial charge in [0, 0.05) is 33.9 Å². The molecule has 0 heterocycles. The highest BCUT2D eigenvalue weighted by Gasteiger charge is 2.16. The van der Waals surface area contributed by atoms with Gasteiger partial charge in [-0.3, -0.25) is 4.79 Å². The number of nitrogens with two attached hydrogens (primary N) is 1. The third-order valence-electron chi connectivity index (χ3n) is 5.82. The molecule has 0 fully saturated rings. The van der Waals surface area contributed by atoms with Gasteiger partial charge in [-0.2, -0.15) is 0 Å². The molecule has 5 rings (SSSR count). The van der Waals surface area contributed by atoms with Gasteiger partial charge < -0.3 is 16.4 Å². The standard InChI is InChI=1S/C31H25N3O/c32-31(35)29-13-7-12-28(22-14-18-26(19-15-22)33-24-8-3-1-4-9-24)30(29)23-16-20-27(21-17-23)34-25-10-5-2-6-11-25/h1-21,33-34H,(H2,32,35). The maximum absolute atomic E-state index is 12.3. The number of carbonyl (C=O) groups is 1. The quantitative estimate of drug-likeness (QED) is 0.237. The van der Waals surface area contributed by atoms with Crippen LogP contribution in [-0.4, -0.2) is 5.91 Å². The predicted octanol–water partition coefficient (Wildman–Crippen LogP) is 7.61. The fourth-order valence-electron chi connectivity index (χ4n) is 4.14. The Labute approximate surface area is 205 Å². The molecular formula is C31H25N3O. The van der Waals surface area contributed by atoms with Crippen molar-refractivity contribution in [1.29, 1.82) is 0 Å². The summed E-state index contributed by atoms with van der Waals surface area (Å²) < 4.78 is 0. The number of benzene rings is 5. The summed E-state index contributed by atoms with van der Waals surface area (Å²) in [6, 6.07) is 42.0. The lowest BCUT2D eigenvalue weighted by Gasteiger charge is -2.15. The fraction of sp³-hybridized carbons (Fsp3) is 0. The average molecular weight is 456 g/mol. The maximum Gasteiger partial charge on any atom is 0.249 e. The van der Waals surface area contributed by atoms with Gasteiger partial charge in [0.1, 0.15) is 0 Å². The van der Waals surface area contributed by atoms with Gasteiger partial charge in [0.2, 0.25) is 5.91 Å². The van der Waals surface area contributed by atoms with Crippen LogP contribution in [0.5, 0.6) is 0 Å². The minimum atomic E-state index is -0.448. The smallest absolute Gasteiger partial charge is 0.249 e. The Morgan fingerprint density at radius 2 is 0.943 bits per heavy atom. The summed E-state index contributed by atoms with van der Waals surface area (Å²) in [6.45, 7) is 0. The van der Waals surface area contributed by atoms with Gasteiger partial charge in [-0.05, 0) is 71.3 Å². The Balaban J connectivity index is 1.48. The zero-order valence-electron chi connectivity index (χ0n) is 19.1. The molecule has 4 heteroatoms. The summed E-state index contributed by atoms with van der Waals surface area (Å²) in [5.74, 6) is -0.448. The number of hydrogen-bond donors (Lipinski definition) is 3. The number of anilines is 4. The van der Waals surface area contributed by atoms with Gasteiger partial charge in [-0.15, -0.1) is 0 Å². The summed E-state index contributed by atoms with van der Waals surface area (Å²) in [5.41, 5.74) is 14.0. The summed E-state index contributed by atoms with van der Waals surface area (Å²) >= 11 is 0. The molecule has 5 aromatic carbocycles. The number of primary amides is 1. The first kappa shape index (κ1) is 22.0. The number of amides is 1. The van der Waals surface area contributed by atoms with E-state index in [1.165, 1.54) is 0 Å². The first-order chi connectivity index (χ1) is 17.2. The van der Waals surface area contributed by atoms with Crippen molar-refractivity contribution in [3.05, 3.63) is 133 Å². The van der Waals surface area contributed by atoms with Crippen LogP contribution in [0.4, 0.5) is 22.7 Å². The second-order valence-corrected chi connectivity index (χ2v) is 8.23. The van der Waals surface area contributed by atoms with E-state index in [2.05, 4.69) is 22.8 Å². The van der Waals surface area contributed by atoms with Gasteiger partial charge >= 0.3 is 0 Å². The van der Waals surface area contributed by atoms with Crippen molar-refractivity contribution in [2.45, 2.75) is 0 Å². The van der Waals surface area contributed by atoms with E-state index in [0.29, 0.717) is 5.56 Å². The lowest BCUT2D eigenvalue weighted by atomic mass is 9.90. The molecule has 35 heavy (non-hydrogen) atoms. The average Bonchev–Trinajstić information content (AvgIpc) is 2.90. The molecule has 170 valence electrons. The van der Waals surface area contributed by atoms with Crippen LogP contribution in [0, 0.1) is 0 Å². The van der Waals surface area contributed by atoms with Crippen LogP contribution in [0.3, 0.4) is 0 Å². The van der Waals surface area contributed by atoms with E-state index >= 15 is 0 Å². The van der Waals surface area contributed by atoms with Crippen molar-refractivity contribution >= 4 is 28.7 Å². The van der Waals surface area contributed by atoms with Crippen molar-refractivity contribution in [2.24, 2.45) is 5.73 Å².